The second-order valence-electron chi connectivity index (χ2n) is 6.67. The molecular formula is C22H23N3O4. The van der Waals surface area contributed by atoms with Crippen LogP contribution in [0.15, 0.2) is 54.6 Å². The molecule has 0 aromatic heterocycles. The van der Waals surface area contributed by atoms with Crippen LogP contribution in [-0.4, -0.2) is 28.9 Å². The summed E-state index contributed by atoms with van der Waals surface area (Å²) >= 11 is 0. The molecule has 0 aliphatic heterocycles. The highest BCUT2D eigenvalue weighted by Gasteiger charge is 2.21. The minimum atomic E-state index is -1.18. The molecule has 0 radical (unpaired) electrons. The highest BCUT2D eigenvalue weighted by atomic mass is 16.4. The van der Waals surface area contributed by atoms with Crippen LogP contribution >= 0.6 is 0 Å². The number of amides is 2. The summed E-state index contributed by atoms with van der Waals surface area (Å²) in [5.41, 5.74) is 2.00. The van der Waals surface area contributed by atoms with Crippen LogP contribution in [0.3, 0.4) is 0 Å². The lowest BCUT2D eigenvalue weighted by molar-refractivity contribution is -0.141. The number of benzene rings is 2. The summed E-state index contributed by atoms with van der Waals surface area (Å²) in [7, 11) is 0. The molecule has 0 unspecified atom stereocenters. The topological polar surface area (TPSA) is 119 Å². The maximum Gasteiger partial charge on any atom is 0.326 e. The first-order valence-electron chi connectivity index (χ1n) is 9.24. The smallest absolute Gasteiger partial charge is 0.326 e. The van der Waals surface area contributed by atoms with Crippen molar-refractivity contribution in [3.63, 3.8) is 0 Å². The van der Waals surface area contributed by atoms with E-state index in [0.29, 0.717) is 11.1 Å². The number of hydrogen-bond acceptors (Lipinski definition) is 4. The number of nitriles is 1. The Bertz CT molecular complexity index is 906. The zero-order chi connectivity index (χ0) is 21.2. The Morgan fingerprint density at radius 1 is 1.00 bits per heavy atom. The van der Waals surface area contributed by atoms with E-state index in [1.54, 1.807) is 24.3 Å². The molecule has 0 spiro atoms. The molecule has 0 aliphatic rings. The van der Waals surface area contributed by atoms with Gasteiger partial charge in [0.15, 0.2) is 0 Å². The maximum atomic E-state index is 12.1. The van der Waals surface area contributed by atoms with E-state index in [-0.39, 0.29) is 31.2 Å². The lowest BCUT2D eigenvalue weighted by atomic mass is 10.0. The average molecular weight is 393 g/mol. The van der Waals surface area contributed by atoms with Gasteiger partial charge >= 0.3 is 5.97 Å². The van der Waals surface area contributed by atoms with Crippen LogP contribution in [0.1, 0.15) is 42.5 Å². The number of carboxylic acids is 1. The lowest BCUT2D eigenvalue weighted by Crippen LogP contribution is -2.42. The molecule has 2 aromatic carbocycles. The first-order valence-corrected chi connectivity index (χ1v) is 9.24. The van der Waals surface area contributed by atoms with E-state index in [9.17, 15) is 19.5 Å². The third kappa shape index (κ3) is 7.11. The third-order valence-electron chi connectivity index (χ3n) is 4.39. The van der Waals surface area contributed by atoms with E-state index in [0.717, 1.165) is 5.56 Å². The van der Waals surface area contributed by atoms with Gasteiger partial charge in [-0.15, -0.1) is 0 Å². The molecule has 150 valence electrons. The predicted octanol–water partition coefficient (Wildman–Crippen LogP) is 2.33. The molecule has 7 heteroatoms. The number of hydrogen-bond donors (Lipinski definition) is 3. The van der Waals surface area contributed by atoms with Crippen LogP contribution in [-0.2, 0) is 20.8 Å². The Hall–Kier alpha value is -3.66. The summed E-state index contributed by atoms with van der Waals surface area (Å²) in [6.07, 6.45) is -0.109. The van der Waals surface area contributed by atoms with Crippen LogP contribution in [0, 0.1) is 11.3 Å². The van der Waals surface area contributed by atoms with Gasteiger partial charge in [-0.05, 0) is 30.2 Å². The maximum absolute atomic E-state index is 12.1. The van der Waals surface area contributed by atoms with Gasteiger partial charge < -0.3 is 15.7 Å². The molecule has 0 saturated carbocycles. The summed E-state index contributed by atoms with van der Waals surface area (Å²) in [6.45, 7) is 1.85. The third-order valence-corrected chi connectivity index (χ3v) is 4.39. The highest BCUT2D eigenvalue weighted by Crippen LogP contribution is 2.11. The number of rotatable bonds is 9. The highest BCUT2D eigenvalue weighted by molar-refractivity contribution is 5.87. The average Bonchev–Trinajstić information content (AvgIpc) is 2.72. The Labute approximate surface area is 169 Å². The zero-order valence-electron chi connectivity index (χ0n) is 16.1. The number of aliphatic carboxylic acids is 1. The van der Waals surface area contributed by atoms with Crippen LogP contribution in [0.2, 0.25) is 0 Å². The number of carbonyl (C=O) groups is 3. The van der Waals surface area contributed by atoms with E-state index >= 15 is 0 Å². The molecule has 29 heavy (non-hydrogen) atoms. The van der Waals surface area contributed by atoms with E-state index < -0.39 is 17.9 Å². The summed E-state index contributed by atoms with van der Waals surface area (Å²) < 4.78 is 0. The first-order chi connectivity index (χ1) is 13.9. The molecule has 0 fully saturated rings. The standard InChI is InChI=1S/C22H23N3O4/c1-15(18-8-3-2-4-9-18)24-20(26)10-11-21(27)25-19(22(28)29)13-16-6-5-7-17(12-16)14-23/h2-9,12,15,19H,10-11,13H2,1H3,(H,24,26)(H,25,27)(H,28,29)/t15-,19+/m1/s1. The molecule has 0 aliphatic carbocycles. The van der Waals surface area contributed by atoms with E-state index in [2.05, 4.69) is 10.6 Å². The Kier molecular flexibility index (Phi) is 7.92. The Morgan fingerprint density at radius 3 is 2.28 bits per heavy atom. The fourth-order valence-corrected chi connectivity index (χ4v) is 2.84. The van der Waals surface area contributed by atoms with Crippen molar-refractivity contribution in [2.24, 2.45) is 0 Å². The van der Waals surface area contributed by atoms with Crippen molar-refractivity contribution in [1.82, 2.24) is 10.6 Å². The van der Waals surface area contributed by atoms with Gasteiger partial charge in [0.05, 0.1) is 17.7 Å². The molecule has 2 rings (SSSR count). The van der Waals surface area contributed by atoms with E-state index in [1.807, 2.05) is 43.3 Å². The minimum absolute atomic E-state index is 0.0424. The quantitative estimate of drug-likeness (QED) is 0.604. The first kappa shape index (κ1) is 21.6. The van der Waals surface area contributed by atoms with Gasteiger partial charge in [-0.2, -0.15) is 5.26 Å². The fourth-order valence-electron chi connectivity index (χ4n) is 2.84. The molecule has 7 nitrogen and oxygen atoms in total. The molecule has 2 atom stereocenters. The second-order valence-corrected chi connectivity index (χ2v) is 6.67. The van der Waals surface area contributed by atoms with Crippen molar-refractivity contribution in [3.05, 3.63) is 71.3 Å². The SMILES string of the molecule is C[C@@H](NC(=O)CCC(=O)N[C@@H](Cc1cccc(C#N)c1)C(=O)O)c1ccccc1. The van der Waals surface area contributed by atoms with Crippen molar-refractivity contribution in [1.29, 1.82) is 5.26 Å². The summed E-state index contributed by atoms with van der Waals surface area (Å²) in [5.74, 6) is -1.98. The Morgan fingerprint density at radius 2 is 1.66 bits per heavy atom. The van der Waals surface area contributed by atoms with Crippen molar-refractivity contribution in [2.45, 2.75) is 38.3 Å². The van der Waals surface area contributed by atoms with Gasteiger partial charge in [0.1, 0.15) is 6.04 Å². The van der Waals surface area contributed by atoms with Crippen molar-refractivity contribution in [3.8, 4) is 6.07 Å². The molecule has 0 saturated heterocycles. The van der Waals surface area contributed by atoms with Gasteiger partial charge in [0.2, 0.25) is 11.8 Å². The normalized spacial score (nSPS) is 12.3. The van der Waals surface area contributed by atoms with Crippen LogP contribution < -0.4 is 10.6 Å². The molecular weight excluding hydrogens is 370 g/mol. The minimum Gasteiger partial charge on any atom is -0.480 e. The van der Waals surface area contributed by atoms with Crippen LogP contribution in [0.5, 0.6) is 0 Å². The fraction of sp³-hybridized carbons (Fsp3) is 0.273. The number of carboxylic acid groups (broad SMARTS) is 1. The molecule has 3 N–H and O–H groups in total. The van der Waals surface area contributed by atoms with Gasteiger partial charge in [-0.25, -0.2) is 4.79 Å². The predicted molar refractivity (Wildman–Crippen MR) is 107 cm³/mol. The van der Waals surface area contributed by atoms with Crippen molar-refractivity contribution >= 4 is 17.8 Å². The number of carbonyl (C=O) groups excluding carboxylic acids is 2. The largest absolute Gasteiger partial charge is 0.480 e. The molecule has 0 heterocycles. The van der Waals surface area contributed by atoms with Gasteiger partial charge in [-0.3, -0.25) is 9.59 Å². The van der Waals surface area contributed by atoms with Gasteiger partial charge in [-0.1, -0.05) is 42.5 Å². The second kappa shape index (κ2) is 10.6. The van der Waals surface area contributed by atoms with Crippen molar-refractivity contribution < 1.29 is 19.5 Å². The summed E-state index contributed by atoms with van der Waals surface area (Å²) in [5, 5.41) is 23.6. The van der Waals surface area contributed by atoms with E-state index in [4.69, 9.17) is 5.26 Å². The molecule has 2 amide bonds. The van der Waals surface area contributed by atoms with E-state index in [1.165, 1.54) is 0 Å². The zero-order valence-corrected chi connectivity index (χ0v) is 16.1. The number of nitrogens with one attached hydrogen (secondary N) is 2. The molecule has 2 aromatic rings. The van der Waals surface area contributed by atoms with Crippen LogP contribution in [0.4, 0.5) is 0 Å². The van der Waals surface area contributed by atoms with Crippen molar-refractivity contribution in [2.75, 3.05) is 0 Å². The summed E-state index contributed by atoms with van der Waals surface area (Å²) in [4.78, 5) is 35.7. The molecule has 0 bridgehead atoms. The van der Waals surface area contributed by atoms with Crippen LogP contribution in [0.25, 0.3) is 0 Å². The number of nitrogens with zero attached hydrogens (tertiary/aromatic N) is 1. The monoisotopic (exact) mass is 393 g/mol. The Balaban J connectivity index is 1.84. The summed E-state index contributed by atoms with van der Waals surface area (Å²) in [6, 6.07) is 16.7. The van der Waals surface area contributed by atoms with Gasteiger partial charge in [0.25, 0.3) is 0 Å². The van der Waals surface area contributed by atoms with Gasteiger partial charge in [0, 0.05) is 19.3 Å². The lowest BCUT2D eigenvalue weighted by Gasteiger charge is -2.16.